The largest absolute Gasteiger partial charge is 0.369 e. The van der Waals surface area contributed by atoms with Gasteiger partial charge in [0, 0.05) is 18.3 Å². The molecule has 0 aromatic heterocycles. The molecule has 0 fully saturated rings. The maximum Gasteiger partial charge on any atom is 0.225 e. The Morgan fingerprint density at radius 1 is 1.30 bits per heavy atom. The minimum absolute atomic E-state index is 0.202. The number of nitrogens with two attached hydrogens (primary N) is 1. The zero-order chi connectivity index (χ0) is 16.4. The number of hydrogen-bond acceptors (Lipinski definition) is 3. The molecule has 2 N–H and O–H groups in total. The molecule has 0 saturated carbocycles. The average Bonchev–Trinajstić information content (AvgIpc) is 2.57. The standard InChI is InChI=1S/C19H19N3O/c1-13-9-17(19(21)23)16-7-2-3-8-18(16)22(13)12-15-6-4-5-14(10-15)11-20/h2-8,10,13,17H,9,12H2,1H3,(H2,21,23). The molecule has 2 aromatic rings. The summed E-state index contributed by atoms with van der Waals surface area (Å²) in [6, 6.07) is 18.0. The van der Waals surface area contributed by atoms with Crippen molar-refractivity contribution in [2.75, 3.05) is 4.90 Å². The summed E-state index contributed by atoms with van der Waals surface area (Å²) in [5.74, 6) is -0.502. The van der Waals surface area contributed by atoms with E-state index in [0.717, 1.165) is 16.8 Å². The van der Waals surface area contributed by atoms with Crippen LogP contribution in [-0.2, 0) is 11.3 Å². The molecule has 0 saturated heterocycles. The van der Waals surface area contributed by atoms with E-state index in [1.807, 2.05) is 42.5 Å². The molecule has 23 heavy (non-hydrogen) atoms. The molecule has 2 atom stereocenters. The monoisotopic (exact) mass is 305 g/mol. The number of para-hydroxylation sites is 1. The predicted molar refractivity (Wildman–Crippen MR) is 89.8 cm³/mol. The Hall–Kier alpha value is -2.80. The zero-order valence-corrected chi connectivity index (χ0v) is 13.1. The Balaban J connectivity index is 1.97. The lowest BCUT2D eigenvalue weighted by atomic mass is 9.85. The van der Waals surface area contributed by atoms with Crippen LogP contribution < -0.4 is 10.6 Å². The highest BCUT2D eigenvalue weighted by molar-refractivity contribution is 5.85. The van der Waals surface area contributed by atoms with Gasteiger partial charge in [0.25, 0.3) is 0 Å². The van der Waals surface area contributed by atoms with Crippen LogP contribution in [0.4, 0.5) is 5.69 Å². The van der Waals surface area contributed by atoms with Gasteiger partial charge < -0.3 is 10.6 Å². The third-order valence-electron chi connectivity index (χ3n) is 4.48. The number of hydrogen-bond donors (Lipinski definition) is 1. The number of benzene rings is 2. The first-order chi connectivity index (χ1) is 11.1. The van der Waals surface area contributed by atoms with Crippen molar-refractivity contribution in [3.05, 3.63) is 65.2 Å². The van der Waals surface area contributed by atoms with E-state index in [9.17, 15) is 4.79 Å². The summed E-state index contributed by atoms with van der Waals surface area (Å²) in [7, 11) is 0. The molecule has 0 radical (unpaired) electrons. The summed E-state index contributed by atoms with van der Waals surface area (Å²) in [4.78, 5) is 14.1. The Labute approximate surface area is 136 Å². The Bertz CT molecular complexity index is 778. The maximum absolute atomic E-state index is 11.8. The highest BCUT2D eigenvalue weighted by atomic mass is 16.1. The van der Waals surface area contributed by atoms with Crippen LogP contribution in [0.15, 0.2) is 48.5 Å². The number of nitrogens with zero attached hydrogens (tertiary/aromatic N) is 2. The number of anilines is 1. The van der Waals surface area contributed by atoms with E-state index >= 15 is 0 Å². The normalized spacial score (nSPS) is 19.7. The number of nitriles is 1. The molecule has 1 amide bonds. The Morgan fingerprint density at radius 3 is 2.83 bits per heavy atom. The first-order valence-corrected chi connectivity index (χ1v) is 7.74. The quantitative estimate of drug-likeness (QED) is 0.947. The van der Waals surface area contributed by atoms with Crippen molar-refractivity contribution < 1.29 is 4.79 Å². The molecule has 116 valence electrons. The second-order valence-electron chi connectivity index (χ2n) is 6.04. The fraction of sp³-hybridized carbons (Fsp3) is 0.263. The van der Waals surface area contributed by atoms with Crippen LogP contribution in [0, 0.1) is 11.3 Å². The van der Waals surface area contributed by atoms with Crippen molar-refractivity contribution in [3.63, 3.8) is 0 Å². The van der Waals surface area contributed by atoms with Gasteiger partial charge in [0.2, 0.25) is 5.91 Å². The fourth-order valence-corrected chi connectivity index (χ4v) is 3.32. The average molecular weight is 305 g/mol. The molecular weight excluding hydrogens is 286 g/mol. The highest BCUT2D eigenvalue weighted by Gasteiger charge is 2.32. The molecule has 2 unspecified atom stereocenters. The SMILES string of the molecule is CC1CC(C(N)=O)c2ccccc2N1Cc1cccc(C#N)c1. The van der Waals surface area contributed by atoms with Gasteiger partial charge >= 0.3 is 0 Å². The summed E-state index contributed by atoms with van der Waals surface area (Å²) in [6.07, 6.45) is 0.713. The van der Waals surface area contributed by atoms with Gasteiger partial charge in [0.1, 0.15) is 0 Å². The fourth-order valence-electron chi connectivity index (χ4n) is 3.32. The van der Waals surface area contributed by atoms with E-state index in [1.54, 1.807) is 6.07 Å². The summed E-state index contributed by atoms with van der Waals surface area (Å²) in [5.41, 5.74) is 9.38. The summed E-state index contributed by atoms with van der Waals surface area (Å²) < 4.78 is 0. The number of fused-ring (bicyclic) bond motifs is 1. The van der Waals surface area contributed by atoms with Crippen molar-refractivity contribution in [2.24, 2.45) is 5.73 Å². The van der Waals surface area contributed by atoms with Crippen molar-refractivity contribution in [3.8, 4) is 6.07 Å². The van der Waals surface area contributed by atoms with Crippen LogP contribution in [0.2, 0.25) is 0 Å². The van der Waals surface area contributed by atoms with Crippen LogP contribution >= 0.6 is 0 Å². The third-order valence-corrected chi connectivity index (χ3v) is 4.48. The molecule has 1 heterocycles. The molecule has 3 rings (SSSR count). The smallest absolute Gasteiger partial charge is 0.225 e. The maximum atomic E-state index is 11.8. The molecule has 4 heteroatoms. The minimum atomic E-state index is -0.268. The number of carbonyl (C=O) groups is 1. The lowest BCUT2D eigenvalue weighted by Crippen LogP contribution is -2.41. The lowest BCUT2D eigenvalue weighted by Gasteiger charge is -2.40. The molecule has 0 spiro atoms. The summed E-state index contributed by atoms with van der Waals surface area (Å²) >= 11 is 0. The number of primary amides is 1. The summed E-state index contributed by atoms with van der Waals surface area (Å²) in [6.45, 7) is 2.82. The first-order valence-electron chi connectivity index (χ1n) is 7.74. The van der Waals surface area contributed by atoms with Crippen molar-refractivity contribution >= 4 is 11.6 Å². The van der Waals surface area contributed by atoms with E-state index in [4.69, 9.17) is 11.0 Å². The van der Waals surface area contributed by atoms with Crippen LogP contribution in [0.5, 0.6) is 0 Å². The molecule has 2 aromatic carbocycles. The van der Waals surface area contributed by atoms with Crippen LogP contribution in [0.25, 0.3) is 0 Å². The van der Waals surface area contributed by atoms with Crippen molar-refractivity contribution in [1.29, 1.82) is 5.26 Å². The van der Waals surface area contributed by atoms with E-state index < -0.39 is 0 Å². The minimum Gasteiger partial charge on any atom is -0.369 e. The second-order valence-corrected chi connectivity index (χ2v) is 6.04. The van der Waals surface area contributed by atoms with E-state index in [2.05, 4.69) is 17.9 Å². The molecule has 0 bridgehead atoms. The van der Waals surface area contributed by atoms with Crippen LogP contribution in [0.3, 0.4) is 0 Å². The molecule has 0 aliphatic carbocycles. The van der Waals surface area contributed by atoms with Gasteiger partial charge in [0.05, 0.1) is 17.6 Å². The van der Waals surface area contributed by atoms with Crippen molar-refractivity contribution in [2.45, 2.75) is 31.8 Å². The third kappa shape index (κ3) is 2.91. The predicted octanol–water partition coefficient (Wildman–Crippen LogP) is 2.93. The Morgan fingerprint density at radius 2 is 2.09 bits per heavy atom. The van der Waals surface area contributed by atoms with Gasteiger partial charge in [-0.2, -0.15) is 5.26 Å². The zero-order valence-electron chi connectivity index (χ0n) is 13.1. The number of rotatable bonds is 3. The molecule has 1 aliphatic heterocycles. The lowest BCUT2D eigenvalue weighted by molar-refractivity contribution is -0.119. The summed E-state index contributed by atoms with van der Waals surface area (Å²) in [5, 5.41) is 9.06. The number of amides is 1. The highest BCUT2D eigenvalue weighted by Crippen LogP contribution is 2.38. The van der Waals surface area contributed by atoms with E-state index in [1.165, 1.54) is 0 Å². The van der Waals surface area contributed by atoms with Gasteiger partial charge in [0.15, 0.2) is 0 Å². The topological polar surface area (TPSA) is 70.1 Å². The van der Waals surface area contributed by atoms with E-state index in [-0.39, 0.29) is 17.9 Å². The number of carbonyl (C=O) groups excluding carboxylic acids is 1. The first kappa shape index (κ1) is 15.1. The van der Waals surface area contributed by atoms with Gasteiger partial charge in [-0.15, -0.1) is 0 Å². The van der Waals surface area contributed by atoms with Crippen LogP contribution in [-0.4, -0.2) is 11.9 Å². The second kappa shape index (κ2) is 6.13. The van der Waals surface area contributed by atoms with Gasteiger partial charge in [-0.1, -0.05) is 30.3 Å². The Kier molecular flexibility index (Phi) is 4.03. The molecule has 1 aliphatic rings. The molecule has 4 nitrogen and oxygen atoms in total. The van der Waals surface area contributed by atoms with Gasteiger partial charge in [-0.25, -0.2) is 0 Å². The van der Waals surface area contributed by atoms with E-state index in [0.29, 0.717) is 18.5 Å². The van der Waals surface area contributed by atoms with Crippen LogP contribution in [0.1, 0.15) is 36.0 Å². The van der Waals surface area contributed by atoms with Gasteiger partial charge in [-0.3, -0.25) is 4.79 Å². The van der Waals surface area contributed by atoms with Crippen molar-refractivity contribution in [1.82, 2.24) is 0 Å². The van der Waals surface area contributed by atoms with Gasteiger partial charge in [-0.05, 0) is 42.7 Å². The molecular formula is C19H19N3O.